The lowest BCUT2D eigenvalue weighted by Crippen LogP contribution is -2.28. The van der Waals surface area contributed by atoms with Crippen LogP contribution in [0, 0.1) is 12.8 Å². The minimum atomic E-state index is -0.456. The molecule has 3 aromatic rings. The number of halogens is 1. The first-order valence-corrected chi connectivity index (χ1v) is 10.7. The highest BCUT2D eigenvalue weighted by Gasteiger charge is 2.36. The van der Waals surface area contributed by atoms with E-state index in [4.69, 9.17) is 16.3 Å². The highest BCUT2D eigenvalue weighted by atomic mass is 35.5. The summed E-state index contributed by atoms with van der Waals surface area (Å²) in [4.78, 5) is 31.4. The molecule has 0 bridgehead atoms. The molecule has 1 aliphatic rings. The van der Waals surface area contributed by atoms with Crippen molar-refractivity contribution >= 4 is 46.1 Å². The molecule has 0 aliphatic carbocycles. The fourth-order valence-corrected chi connectivity index (χ4v) is 4.24. The number of thiazole rings is 1. The second-order valence-electron chi connectivity index (χ2n) is 7.04. The van der Waals surface area contributed by atoms with E-state index in [0.29, 0.717) is 22.1 Å². The zero-order valence-corrected chi connectivity index (χ0v) is 18.1. The third-order valence-corrected chi connectivity index (χ3v) is 6.00. The first-order chi connectivity index (χ1) is 14.4. The number of aromatic nitrogens is 1. The van der Waals surface area contributed by atoms with Crippen LogP contribution < -0.4 is 15.0 Å². The van der Waals surface area contributed by atoms with E-state index in [1.165, 1.54) is 7.11 Å². The molecule has 1 atom stereocenters. The van der Waals surface area contributed by atoms with Gasteiger partial charge in [-0.2, -0.15) is 0 Å². The summed E-state index contributed by atoms with van der Waals surface area (Å²) in [6, 6.07) is 12.6. The number of amides is 2. The van der Waals surface area contributed by atoms with Gasteiger partial charge in [0.2, 0.25) is 11.8 Å². The zero-order valence-electron chi connectivity index (χ0n) is 16.5. The largest absolute Gasteiger partial charge is 0.495 e. The summed E-state index contributed by atoms with van der Waals surface area (Å²) in [7, 11) is 1.54. The van der Waals surface area contributed by atoms with Crippen LogP contribution in [0.2, 0.25) is 5.02 Å². The number of methoxy groups -OCH3 is 1. The van der Waals surface area contributed by atoms with Gasteiger partial charge < -0.3 is 15.0 Å². The van der Waals surface area contributed by atoms with E-state index < -0.39 is 5.92 Å². The SMILES string of the molecule is COc1ccc(Cl)cc1N1CC(C(=O)Nc2ccc(-c3csc(C)n3)cc2)CC1=O. The molecule has 1 aliphatic heterocycles. The van der Waals surface area contributed by atoms with Crippen LogP contribution in [0.5, 0.6) is 5.75 Å². The summed E-state index contributed by atoms with van der Waals surface area (Å²) < 4.78 is 5.34. The number of hydrogen-bond donors (Lipinski definition) is 1. The monoisotopic (exact) mass is 441 g/mol. The van der Waals surface area contributed by atoms with E-state index >= 15 is 0 Å². The first kappa shape index (κ1) is 20.4. The summed E-state index contributed by atoms with van der Waals surface area (Å²) in [5.74, 6) is -0.238. The van der Waals surface area contributed by atoms with Gasteiger partial charge in [0, 0.05) is 34.6 Å². The molecule has 1 aromatic heterocycles. The van der Waals surface area contributed by atoms with E-state index in [-0.39, 0.29) is 24.8 Å². The second-order valence-corrected chi connectivity index (χ2v) is 8.54. The Kier molecular flexibility index (Phi) is 5.74. The predicted molar refractivity (Wildman–Crippen MR) is 119 cm³/mol. The quantitative estimate of drug-likeness (QED) is 0.619. The molecule has 1 saturated heterocycles. The Labute approximate surface area is 183 Å². The van der Waals surface area contributed by atoms with Gasteiger partial charge in [0.15, 0.2) is 0 Å². The van der Waals surface area contributed by atoms with Crippen LogP contribution >= 0.6 is 22.9 Å². The molecule has 2 aromatic carbocycles. The fraction of sp³-hybridized carbons (Fsp3) is 0.227. The van der Waals surface area contributed by atoms with Crippen LogP contribution in [-0.4, -0.2) is 30.5 Å². The second kappa shape index (κ2) is 8.45. The van der Waals surface area contributed by atoms with Gasteiger partial charge in [0.05, 0.1) is 29.4 Å². The first-order valence-electron chi connectivity index (χ1n) is 9.42. The number of carbonyl (C=O) groups is 2. The summed E-state index contributed by atoms with van der Waals surface area (Å²) in [5.41, 5.74) is 3.17. The molecular formula is C22H20ClN3O3S. The average Bonchev–Trinajstić information content (AvgIpc) is 3.34. The van der Waals surface area contributed by atoms with Gasteiger partial charge in [-0.3, -0.25) is 9.59 Å². The van der Waals surface area contributed by atoms with E-state index in [0.717, 1.165) is 16.3 Å². The standard InChI is InChI=1S/C22H20ClN3O3S/c1-13-24-18(12-30-13)14-3-6-17(7-4-14)25-22(28)15-9-21(27)26(11-15)19-10-16(23)5-8-20(19)29-2/h3-8,10,12,15H,9,11H2,1-2H3,(H,25,28). The van der Waals surface area contributed by atoms with Gasteiger partial charge in [-0.05, 0) is 37.3 Å². The van der Waals surface area contributed by atoms with Gasteiger partial charge >= 0.3 is 0 Å². The number of nitrogens with one attached hydrogen (secondary N) is 1. The Hall–Kier alpha value is -2.90. The van der Waals surface area contributed by atoms with Crippen molar-refractivity contribution in [1.29, 1.82) is 0 Å². The van der Waals surface area contributed by atoms with E-state index in [9.17, 15) is 9.59 Å². The van der Waals surface area contributed by atoms with Gasteiger partial charge in [-0.1, -0.05) is 23.7 Å². The van der Waals surface area contributed by atoms with E-state index in [2.05, 4.69) is 10.3 Å². The number of carbonyl (C=O) groups excluding carboxylic acids is 2. The Morgan fingerprint density at radius 2 is 2.03 bits per heavy atom. The lowest BCUT2D eigenvalue weighted by atomic mass is 10.1. The van der Waals surface area contributed by atoms with E-state index in [1.807, 2.05) is 36.6 Å². The van der Waals surface area contributed by atoms with Crippen molar-refractivity contribution in [1.82, 2.24) is 4.98 Å². The Morgan fingerprint density at radius 3 is 2.70 bits per heavy atom. The third kappa shape index (κ3) is 4.17. The van der Waals surface area contributed by atoms with Crippen molar-refractivity contribution in [2.24, 2.45) is 5.92 Å². The van der Waals surface area contributed by atoms with Gasteiger partial charge in [-0.15, -0.1) is 11.3 Å². The average molecular weight is 442 g/mol. The van der Waals surface area contributed by atoms with Crippen molar-refractivity contribution in [3.8, 4) is 17.0 Å². The van der Waals surface area contributed by atoms with Crippen molar-refractivity contribution < 1.29 is 14.3 Å². The van der Waals surface area contributed by atoms with Gasteiger partial charge in [0.25, 0.3) is 0 Å². The smallest absolute Gasteiger partial charge is 0.229 e. The molecule has 2 heterocycles. The van der Waals surface area contributed by atoms with Crippen LogP contribution in [0.1, 0.15) is 11.4 Å². The number of hydrogen-bond acceptors (Lipinski definition) is 5. The Bertz CT molecular complexity index is 1100. The molecule has 0 saturated carbocycles. The molecule has 1 unspecified atom stereocenters. The lowest BCUT2D eigenvalue weighted by molar-refractivity contribution is -0.122. The number of benzene rings is 2. The highest BCUT2D eigenvalue weighted by Crippen LogP contribution is 2.35. The van der Waals surface area contributed by atoms with Crippen LogP contribution in [-0.2, 0) is 9.59 Å². The Balaban J connectivity index is 1.45. The lowest BCUT2D eigenvalue weighted by Gasteiger charge is -2.20. The van der Waals surface area contributed by atoms with Gasteiger partial charge in [0.1, 0.15) is 5.75 Å². The van der Waals surface area contributed by atoms with Crippen LogP contribution in [0.15, 0.2) is 47.8 Å². The summed E-state index contributed by atoms with van der Waals surface area (Å²) in [6.07, 6.45) is 0.137. The summed E-state index contributed by atoms with van der Waals surface area (Å²) in [6.45, 7) is 2.24. The minimum Gasteiger partial charge on any atom is -0.495 e. The maximum atomic E-state index is 12.8. The van der Waals surface area contributed by atoms with Crippen molar-refractivity contribution in [3.63, 3.8) is 0 Å². The van der Waals surface area contributed by atoms with Gasteiger partial charge in [-0.25, -0.2) is 4.98 Å². The number of aryl methyl sites for hydroxylation is 1. The predicted octanol–water partition coefficient (Wildman–Crippen LogP) is 4.77. The maximum absolute atomic E-state index is 12.8. The normalized spacial score (nSPS) is 16.0. The molecule has 0 radical (unpaired) electrons. The van der Waals surface area contributed by atoms with Crippen molar-refractivity contribution in [3.05, 3.63) is 57.9 Å². The molecule has 2 amide bonds. The maximum Gasteiger partial charge on any atom is 0.229 e. The molecule has 30 heavy (non-hydrogen) atoms. The number of nitrogens with zero attached hydrogens (tertiary/aromatic N) is 2. The molecular weight excluding hydrogens is 422 g/mol. The fourth-order valence-electron chi connectivity index (χ4n) is 3.45. The van der Waals surface area contributed by atoms with E-state index in [1.54, 1.807) is 34.4 Å². The molecule has 0 spiro atoms. The molecule has 154 valence electrons. The van der Waals surface area contributed by atoms with Crippen molar-refractivity contribution in [2.75, 3.05) is 23.9 Å². The van der Waals surface area contributed by atoms with Crippen LogP contribution in [0.3, 0.4) is 0 Å². The number of anilines is 2. The van der Waals surface area contributed by atoms with Crippen molar-refractivity contribution in [2.45, 2.75) is 13.3 Å². The molecule has 1 N–H and O–H groups in total. The zero-order chi connectivity index (χ0) is 21.3. The summed E-state index contributed by atoms with van der Waals surface area (Å²) in [5, 5.41) is 6.42. The summed E-state index contributed by atoms with van der Waals surface area (Å²) >= 11 is 7.69. The molecule has 8 heteroatoms. The highest BCUT2D eigenvalue weighted by molar-refractivity contribution is 7.09. The minimum absolute atomic E-state index is 0.134. The van der Waals surface area contributed by atoms with Crippen LogP contribution in [0.25, 0.3) is 11.3 Å². The Morgan fingerprint density at radius 1 is 1.27 bits per heavy atom. The molecule has 1 fully saturated rings. The molecule has 6 nitrogen and oxygen atoms in total. The number of rotatable bonds is 5. The topological polar surface area (TPSA) is 71.5 Å². The third-order valence-electron chi connectivity index (χ3n) is 4.99. The van der Waals surface area contributed by atoms with Crippen LogP contribution in [0.4, 0.5) is 11.4 Å². The molecule has 4 rings (SSSR count). The number of ether oxygens (including phenoxy) is 1.